The molecule has 1 N–H and O–H groups in total. The van der Waals surface area contributed by atoms with Crippen molar-refractivity contribution in [3.05, 3.63) is 224 Å². The molecule has 8 aromatic carbocycles. The number of aromatic nitrogens is 4. The molecule has 0 atom stereocenters. The van der Waals surface area contributed by atoms with Crippen LogP contribution in [0.25, 0.3) is 111 Å². The Labute approximate surface area is 365 Å². The summed E-state index contributed by atoms with van der Waals surface area (Å²) in [7, 11) is 0. The van der Waals surface area contributed by atoms with Crippen LogP contribution in [0.2, 0.25) is 0 Å². The molecule has 0 saturated carbocycles. The quantitative estimate of drug-likeness (QED) is 0.179. The molecule has 0 aliphatic heterocycles. The van der Waals surface area contributed by atoms with Crippen molar-refractivity contribution in [3.63, 3.8) is 0 Å². The number of H-pyrrole nitrogens is 1. The molecule has 1 aliphatic carbocycles. The van der Waals surface area contributed by atoms with Crippen LogP contribution in [-0.2, 0) is 12.8 Å². The lowest BCUT2D eigenvalue weighted by atomic mass is 9.83. The van der Waals surface area contributed by atoms with Crippen LogP contribution in [0.1, 0.15) is 11.1 Å². The molecule has 13 rings (SSSR count). The van der Waals surface area contributed by atoms with Crippen molar-refractivity contribution in [1.82, 2.24) is 19.1 Å². The van der Waals surface area contributed by atoms with E-state index in [0.717, 1.165) is 24.2 Å². The van der Waals surface area contributed by atoms with Crippen LogP contribution >= 0.6 is 0 Å². The zero-order valence-corrected chi connectivity index (χ0v) is 34.5. The first-order chi connectivity index (χ1) is 31.2. The topological polar surface area (TPSA) is 38.5 Å². The summed E-state index contributed by atoms with van der Waals surface area (Å²) in [6.45, 7) is 0. The van der Waals surface area contributed by atoms with E-state index < -0.39 is 0 Å². The molecule has 1 aliphatic rings. The van der Waals surface area contributed by atoms with E-state index in [0.29, 0.717) is 0 Å². The fraction of sp³-hybridized carbons (Fsp3) is 0.0339. The molecule has 4 heterocycles. The van der Waals surface area contributed by atoms with Gasteiger partial charge in [0, 0.05) is 40.1 Å². The van der Waals surface area contributed by atoms with E-state index in [2.05, 4.69) is 207 Å². The average Bonchev–Trinajstić information content (AvgIpc) is 4.09. The highest BCUT2D eigenvalue weighted by molar-refractivity contribution is 6.15. The van der Waals surface area contributed by atoms with Crippen LogP contribution < -0.4 is 0 Å². The van der Waals surface area contributed by atoms with Gasteiger partial charge in [0.1, 0.15) is 0 Å². The number of pyridine rings is 1. The number of nitrogens with one attached hydrogen (secondary N) is 1. The lowest BCUT2D eigenvalue weighted by Crippen LogP contribution is -2.07. The number of hydrogen-bond donors (Lipinski definition) is 1. The molecule has 4 nitrogen and oxygen atoms in total. The van der Waals surface area contributed by atoms with Crippen molar-refractivity contribution in [3.8, 4) is 67.0 Å². The Morgan fingerprint density at radius 1 is 0.397 bits per heavy atom. The third kappa shape index (κ3) is 5.72. The van der Waals surface area contributed by atoms with Gasteiger partial charge in [0.25, 0.3) is 0 Å². The highest BCUT2D eigenvalue weighted by atomic mass is 15.0. The average molecular weight is 805 g/mol. The van der Waals surface area contributed by atoms with Crippen molar-refractivity contribution >= 4 is 43.6 Å². The first-order valence-corrected chi connectivity index (χ1v) is 21.8. The predicted molar refractivity (Wildman–Crippen MR) is 262 cm³/mol. The maximum Gasteiger partial charge on any atom is 0.0645 e. The molecule has 0 unspecified atom stereocenters. The van der Waals surface area contributed by atoms with Gasteiger partial charge in [-0.15, -0.1) is 0 Å². The molecule has 296 valence electrons. The Kier molecular flexibility index (Phi) is 8.00. The van der Waals surface area contributed by atoms with Crippen molar-refractivity contribution < 1.29 is 0 Å². The zero-order chi connectivity index (χ0) is 41.4. The molecular formula is C59H40N4. The summed E-state index contributed by atoms with van der Waals surface area (Å²) in [6.07, 6.45) is 9.88. The minimum atomic E-state index is 0.946. The van der Waals surface area contributed by atoms with Gasteiger partial charge in [-0.05, 0) is 146 Å². The number of benzene rings is 8. The number of nitrogens with zero attached hydrogens (tertiary/aromatic N) is 3. The standard InChI is InChI=1S/C59H40N4/c1-3-10-38(11-4-1)40-14-7-16-42(30-40)44-21-26-57-53(32-44)51-24-23-49-50(59(51)63(57)47-18-9-28-60-36-47)22-19-46-34-55-54-33-45(43-17-8-15-41(31-43)39-12-5-2-6-13-39)20-25-56(54)62(48-27-29-61-37-48)58(55)35-52(46)49/h1-18,20-21,23-37,61H,19,22H2. The Morgan fingerprint density at radius 3 is 1.63 bits per heavy atom. The van der Waals surface area contributed by atoms with Crippen molar-refractivity contribution in [2.24, 2.45) is 0 Å². The highest BCUT2D eigenvalue weighted by Gasteiger charge is 2.26. The highest BCUT2D eigenvalue weighted by Crippen LogP contribution is 2.46. The van der Waals surface area contributed by atoms with E-state index in [-0.39, 0.29) is 0 Å². The van der Waals surface area contributed by atoms with Crippen LogP contribution in [-0.4, -0.2) is 19.1 Å². The summed E-state index contributed by atoms with van der Waals surface area (Å²) in [5, 5.41) is 5.06. The first-order valence-electron chi connectivity index (χ1n) is 21.8. The summed E-state index contributed by atoms with van der Waals surface area (Å²) in [6, 6.07) is 69.2. The van der Waals surface area contributed by atoms with Gasteiger partial charge in [0.2, 0.25) is 0 Å². The van der Waals surface area contributed by atoms with E-state index in [1.807, 2.05) is 24.7 Å². The minimum absolute atomic E-state index is 0.946. The van der Waals surface area contributed by atoms with Gasteiger partial charge in [-0.1, -0.05) is 121 Å². The Morgan fingerprint density at radius 2 is 1.00 bits per heavy atom. The molecule has 0 saturated heterocycles. The summed E-state index contributed by atoms with van der Waals surface area (Å²) < 4.78 is 4.88. The molecular weight excluding hydrogens is 765 g/mol. The lowest BCUT2D eigenvalue weighted by Gasteiger charge is -2.22. The third-order valence-electron chi connectivity index (χ3n) is 13.3. The van der Waals surface area contributed by atoms with Crippen molar-refractivity contribution in [2.45, 2.75) is 12.8 Å². The zero-order valence-electron chi connectivity index (χ0n) is 34.5. The van der Waals surface area contributed by atoms with Gasteiger partial charge >= 0.3 is 0 Å². The van der Waals surface area contributed by atoms with Crippen LogP contribution in [0.5, 0.6) is 0 Å². The molecule has 63 heavy (non-hydrogen) atoms. The maximum atomic E-state index is 4.61. The molecule has 0 amide bonds. The first kappa shape index (κ1) is 35.5. The number of aromatic amines is 1. The molecule has 0 radical (unpaired) electrons. The minimum Gasteiger partial charge on any atom is -0.366 e. The van der Waals surface area contributed by atoms with Crippen LogP contribution in [0.15, 0.2) is 213 Å². The van der Waals surface area contributed by atoms with E-state index in [9.17, 15) is 0 Å². The summed E-state index contributed by atoms with van der Waals surface area (Å²) in [5.41, 5.74) is 22.2. The van der Waals surface area contributed by atoms with Gasteiger partial charge in [-0.3, -0.25) is 4.98 Å². The third-order valence-corrected chi connectivity index (χ3v) is 13.3. The van der Waals surface area contributed by atoms with Gasteiger partial charge in [-0.25, -0.2) is 0 Å². The largest absolute Gasteiger partial charge is 0.366 e. The van der Waals surface area contributed by atoms with Gasteiger partial charge in [0.15, 0.2) is 0 Å². The van der Waals surface area contributed by atoms with Gasteiger partial charge in [-0.2, -0.15) is 0 Å². The fourth-order valence-electron chi connectivity index (χ4n) is 10.4. The number of hydrogen-bond acceptors (Lipinski definition) is 1. The number of aryl methyl sites for hydroxylation is 2. The maximum absolute atomic E-state index is 4.61. The smallest absolute Gasteiger partial charge is 0.0645 e. The Hall–Kier alpha value is -8.21. The summed E-state index contributed by atoms with van der Waals surface area (Å²) in [4.78, 5) is 7.95. The second-order valence-electron chi connectivity index (χ2n) is 16.8. The van der Waals surface area contributed by atoms with E-state index >= 15 is 0 Å². The molecule has 0 fully saturated rings. The Bertz CT molecular complexity index is 3710. The predicted octanol–water partition coefficient (Wildman–Crippen LogP) is 15.0. The molecule has 0 bridgehead atoms. The fourth-order valence-corrected chi connectivity index (χ4v) is 10.4. The van der Waals surface area contributed by atoms with Crippen LogP contribution in [0, 0.1) is 0 Å². The van der Waals surface area contributed by atoms with E-state index in [4.69, 9.17) is 0 Å². The summed E-state index contributed by atoms with van der Waals surface area (Å²) >= 11 is 0. The second-order valence-corrected chi connectivity index (χ2v) is 16.8. The number of rotatable bonds is 6. The molecule has 4 aromatic heterocycles. The van der Waals surface area contributed by atoms with E-state index in [1.54, 1.807) is 0 Å². The molecule has 0 spiro atoms. The monoisotopic (exact) mass is 804 g/mol. The molecule has 12 aromatic rings. The SMILES string of the molecule is c1ccc(-c2cccc(-c3ccc4c(c3)c3cc5c(cc3n4-c3cc[nH]c3)-c3ccc4c6cc(-c7cccc(-c8ccccc8)c7)ccc6n(-c6cccnc6)c4c3CC5)c2)cc1. The van der Waals surface area contributed by atoms with Crippen molar-refractivity contribution in [1.29, 1.82) is 0 Å². The lowest BCUT2D eigenvalue weighted by molar-refractivity contribution is 0.944. The second kappa shape index (κ2) is 14.2. The van der Waals surface area contributed by atoms with Gasteiger partial charge in [0.05, 0.1) is 39.6 Å². The van der Waals surface area contributed by atoms with Crippen LogP contribution in [0.4, 0.5) is 0 Å². The number of fused-ring (bicyclic) bond motifs is 10. The van der Waals surface area contributed by atoms with E-state index in [1.165, 1.54) is 110 Å². The Balaban J connectivity index is 0.996. The molecule has 4 heteroatoms. The van der Waals surface area contributed by atoms with Gasteiger partial charge < -0.3 is 14.1 Å². The van der Waals surface area contributed by atoms with Crippen LogP contribution in [0.3, 0.4) is 0 Å². The summed E-state index contributed by atoms with van der Waals surface area (Å²) in [5.74, 6) is 0. The van der Waals surface area contributed by atoms with Crippen molar-refractivity contribution in [2.75, 3.05) is 0 Å². The normalized spacial score (nSPS) is 12.3.